The van der Waals surface area contributed by atoms with E-state index in [1.165, 1.54) is 93.9 Å². The lowest BCUT2D eigenvalue weighted by Gasteiger charge is -2.23. The number of pyridine rings is 1. The highest BCUT2D eigenvalue weighted by molar-refractivity contribution is 9.10. The van der Waals surface area contributed by atoms with Crippen LogP contribution in [0.15, 0.2) is 46.0 Å². The van der Waals surface area contributed by atoms with Crippen LogP contribution < -0.4 is 0 Å². The van der Waals surface area contributed by atoms with Crippen LogP contribution >= 0.6 is 15.9 Å². The molecule has 1 aromatic carbocycles. The lowest BCUT2D eigenvalue weighted by Crippen LogP contribution is -2.04. The molecule has 0 spiro atoms. The highest BCUT2D eigenvalue weighted by Crippen LogP contribution is 2.43. The van der Waals surface area contributed by atoms with Crippen LogP contribution in [0.1, 0.15) is 106 Å². The fourth-order valence-corrected chi connectivity index (χ4v) is 5.55. The second-order valence-electron chi connectivity index (χ2n) is 8.81. The number of hydrogen-bond acceptors (Lipinski definition) is 2. The topological polar surface area (TPSA) is 25.2 Å². The van der Waals surface area contributed by atoms with E-state index in [9.17, 15) is 0 Å². The number of nitrogens with zero attached hydrogens (tertiary/aromatic N) is 2. The van der Waals surface area contributed by atoms with Crippen molar-refractivity contribution in [1.29, 1.82) is 0 Å². The van der Waals surface area contributed by atoms with Gasteiger partial charge in [0.2, 0.25) is 0 Å². The van der Waals surface area contributed by atoms with Gasteiger partial charge in [-0.15, -0.1) is 0 Å². The van der Waals surface area contributed by atoms with E-state index in [-0.39, 0.29) is 0 Å². The number of hydrogen-bond donors (Lipinski definition) is 0. The molecule has 2 aromatic rings. The Bertz CT molecular complexity index is 775. The summed E-state index contributed by atoms with van der Waals surface area (Å²) in [5, 5.41) is 0. The average molecular weight is 453 g/mol. The van der Waals surface area contributed by atoms with Gasteiger partial charge in [-0.25, -0.2) is 4.98 Å². The van der Waals surface area contributed by atoms with Crippen LogP contribution in [0.3, 0.4) is 0 Å². The largest absolute Gasteiger partial charge is 0.254 e. The second kappa shape index (κ2) is 10.5. The van der Waals surface area contributed by atoms with E-state index in [2.05, 4.69) is 39.1 Å². The molecule has 2 fully saturated rings. The third-order valence-corrected chi connectivity index (χ3v) is 7.19. The Morgan fingerprint density at radius 3 is 1.76 bits per heavy atom. The van der Waals surface area contributed by atoms with Gasteiger partial charge < -0.3 is 0 Å². The minimum absolute atomic E-state index is 0.658. The van der Waals surface area contributed by atoms with E-state index < -0.39 is 0 Å². The first kappa shape index (κ1) is 20.8. The highest BCUT2D eigenvalue weighted by atomic mass is 79.9. The maximum absolute atomic E-state index is 5.12. The SMILES string of the molecule is Brc1cccc(C=Nc2c(C3CCCCCC3)cccc2C2CCCCCC2)n1. The molecule has 2 aliphatic carbocycles. The van der Waals surface area contributed by atoms with E-state index in [1.807, 2.05) is 24.4 Å². The molecule has 2 aliphatic rings. The maximum Gasteiger partial charge on any atom is 0.106 e. The van der Waals surface area contributed by atoms with Crippen molar-refractivity contribution in [1.82, 2.24) is 4.98 Å². The third kappa shape index (κ3) is 5.57. The van der Waals surface area contributed by atoms with Crippen molar-refractivity contribution < 1.29 is 0 Å². The molecule has 29 heavy (non-hydrogen) atoms. The summed E-state index contributed by atoms with van der Waals surface area (Å²) in [5.41, 5.74) is 5.15. The molecular weight excluding hydrogens is 420 g/mol. The summed E-state index contributed by atoms with van der Waals surface area (Å²) in [4.78, 5) is 9.69. The fourth-order valence-electron chi connectivity index (χ4n) is 5.20. The zero-order valence-electron chi connectivity index (χ0n) is 17.5. The molecular formula is C26H33BrN2. The van der Waals surface area contributed by atoms with E-state index >= 15 is 0 Å². The van der Waals surface area contributed by atoms with Crippen molar-refractivity contribution >= 4 is 27.8 Å². The Labute approximate surface area is 184 Å². The quantitative estimate of drug-likeness (QED) is 0.259. The number of rotatable bonds is 4. The Balaban J connectivity index is 1.72. The first-order valence-corrected chi connectivity index (χ1v) is 12.4. The van der Waals surface area contributed by atoms with Gasteiger partial charge in [-0.3, -0.25) is 4.99 Å². The van der Waals surface area contributed by atoms with E-state index in [0.29, 0.717) is 11.8 Å². The van der Waals surface area contributed by atoms with Gasteiger partial charge in [-0.05, 0) is 76.7 Å². The first-order valence-electron chi connectivity index (χ1n) is 11.6. The summed E-state index contributed by atoms with van der Waals surface area (Å²) in [6.07, 6.45) is 18.2. The van der Waals surface area contributed by atoms with Gasteiger partial charge in [0.15, 0.2) is 0 Å². The van der Waals surface area contributed by atoms with Crippen LogP contribution in [0, 0.1) is 0 Å². The zero-order valence-corrected chi connectivity index (χ0v) is 19.0. The Kier molecular flexibility index (Phi) is 7.54. The molecule has 154 valence electrons. The lowest BCUT2D eigenvalue weighted by atomic mass is 9.84. The minimum atomic E-state index is 0.658. The molecule has 2 nitrogen and oxygen atoms in total. The van der Waals surface area contributed by atoms with E-state index in [0.717, 1.165) is 10.3 Å². The van der Waals surface area contributed by atoms with Crippen LogP contribution in [0.25, 0.3) is 0 Å². The Hall–Kier alpha value is -1.48. The summed E-state index contributed by atoms with van der Waals surface area (Å²) in [6.45, 7) is 0. The van der Waals surface area contributed by atoms with Gasteiger partial charge in [-0.2, -0.15) is 0 Å². The molecule has 0 N–H and O–H groups in total. The third-order valence-electron chi connectivity index (χ3n) is 6.75. The van der Waals surface area contributed by atoms with Gasteiger partial charge in [-0.1, -0.05) is 75.6 Å². The summed E-state index contributed by atoms with van der Waals surface area (Å²) in [7, 11) is 0. The molecule has 0 radical (unpaired) electrons. The number of aliphatic imine (C=N–C) groups is 1. The predicted molar refractivity (Wildman–Crippen MR) is 127 cm³/mol. The molecule has 0 saturated heterocycles. The molecule has 1 heterocycles. The van der Waals surface area contributed by atoms with Gasteiger partial charge in [0.05, 0.1) is 17.6 Å². The fraction of sp³-hybridized carbons (Fsp3) is 0.538. The van der Waals surface area contributed by atoms with Gasteiger partial charge >= 0.3 is 0 Å². The predicted octanol–water partition coefficient (Wildman–Crippen LogP) is 8.47. The molecule has 0 atom stereocenters. The zero-order chi connectivity index (χ0) is 19.9. The monoisotopic (exact) mass is 452 g/mol. The van der Waals surface area contributed by atoms with E-state index in [4.69, 9.17) is 4.99 Å². The molecule has 4 rings (SSSR count). The van der Waals surface area contributed by atoms with Gasteiger partial charge in [0, 0.05) is 0 Å². The van der Waals surface area contributed by atoms with Crippen LogP contribution in [-0.4, -0.2) is 11.2 Å². The first-order chi connectivity index (χ1) is 14.3. The molecule has 0 amide bonds. The number of para-hydroxylation sites is 1. The van der Waals surface area contributed by atoms with Gasteiger partial charge in [0.25, 0.3) is 0 Å². The number of halogens is 1. The molecule has 0 unspecified atom stereocenters. The Morgan fingerprint density at radius 1 is 0.724 bits per heavy atom. The van der Waals surface area contributed by atoms with Crippen molar-refractivity contribution in [3.05, 3.63) is 57.8 Å². The van der Waals surface area contributed by atoms with Crippen LogP contribution in [0.2, 0.25) is 0 Å². The lowest BCUT2D eigenvalue weighted by molar-refractivity contribution is 0.579. The highest BCUT2D eigenvalue weighted by Gasteiger charge is 2.23. The smallest absolute Gasteiger partial charge is 0.106 e. The molecule has 0 aliphatic heterocycles. The molecule has 0 bridgehead atoms. The molecule has 1 aromatic heterocycles. The summed E-state index contributed by atoms with van der Waals surface area (Å²) in [6, 6.07) is 13.1. The summed E-state index contributed by atoms with van der Waals surface area (Å²) < 4.78 is 0.863. The summed E-state index contributed by atoms with van der Waals surface area (Å²) >= 11 is 3.49. The van der Waals surface area contributed by atoms with Crippen LogP contribution in [0.5, 0.6) is 0 Å². The van der Waals surface area contributed by atoms with E-state index in [1.54, 1.807) is 0 Å². The minimum Gasteiger partial charge on any atom is -0.254 e. The van der Waals surface area contributed by atoms with Crippen molar-refractivity contribution in [3.8, 4) is 0 Å². The standard InChI is InChI=1S/C26H33BrN2/c27-25-18-9-15-22(29-25)19-28-26-23(20-11-5-1-2-6-12-20)16-10-17-24(26)21-13-7-3-4-8-14-21/h9-10,15-21H,1-8,11-14H2. The van der Waals surface area contributed by atoms with Crippen molar-refractivity contribution in [2.45, 2.75) is 88.9 Å². The normalized spacial score (nSPS) is 19.9. The maximum atomic E-state index is 5.12. The van der Waals surface area contributed by atoms with Crippen LogP contribution in [0.4, 0.5) is 5.69 Å². The Morgan fingerprint density at radius 2 is 1.24 bits per heavy atom. The van der Waals surface area contributed by atoms with Crippen molar-refractivity contribution in [2.75, 3.05) is 0 Å². The van der Waals surface area contributed by atoms with Crippen molar-refractivity contribution in [3.63, 3.8) is 0 Å². The summed E-state index contributed by atoms with van der Waals surface area (Å²) in [5.74, 6) is 1.32. The van der Waals surface area contributed by atoms with Gasteiger partial charge in [0.1, 0.15) is 4.60 Å². The molecule has 3 heteroatoms. The molecule has 2 saturated carbocycles. The second-order valence-corrected chi connectivity index (χ2v) is 9.62. The van der Waals surface area contributed by atoms with Crippen molar-refractivity contribution in [2.24, 2.45) is 4.99 Å². The number of aromatic nitrogens is 1. The number of benzene rings is 1. The average Bonchev–Trinajstić information content (AvgIpc) is 3.17. The van der Waals surface area contributed by atoms with Crippen LogP contribution in [-0.2, 0) is 0 Å².